The lowest BCUT2D eigenvalue weighted by Gasteiger charge is -2.46. The topological polar surface area (TPSA) is 122 Å². The molecule has 4 amide bonds. The maximum absolute atomic E-state index is 13.6. The number of pyridine rings is 2. The van der Waals surface area contributed by atoms with E-state index in [1.807, 2.05) is 6.92 Å². The van der Waals surface area contributed by atoms with Gasteiger partial charge in [-0.1, -0.05) is 26.2 Å². The van der Waals surface area contributed by atoms with Crippen LogP contribution in [0.3, 0.4) is 0 Å². The van der Waals surface area contributed by atoms with Crippen molar-refractivity contribution in [2.75, 3.05) is 17.7 Å². The summed E-state index contributed by atoms with van der Waals surface area (Å²) in [6.45, 7) is 2.05. The lowest BCUT2D eigenvalue weighted by atomic mass is 9.81. The van der Waals surface area contributed by atoms with E-state index in [1.54, 1.807) is 49.9 Å². The minimum atomic E-state index is -0.904. The van der Waals surface area contributed by atoms with Crippen molar-refractivity contribution < 1.29 is 14.4 Å². The van der Waals surface area contributed by atoms with E-state index in [-0.39, 0.29) is 17.9 Å². The van der Waals surface area contributed by atoms with Crippen molar-refractivity contribution in [1.82, 2.24) is 20.2 Å². The largest absolute Gasteiger partial charge is 0.384 e. The van der Waals surface area contributed by atoms with E-state index in [0.717, 1.165) is 42.6 Å². The fourth-order valence-electron chi connectivity index (χ4n) is 5.34. The van der Waals surface area contributed by atoms with Gasteiger partial charge >= 0.3 is 6.03 Å². The smallest absolute Gasteiger partial charge is 0.325 e. The second kappa shape index (κ2) is 10.8. The van der Waals surface area contributed by atoms with Crippen LogP contribution in [-0.4, -0.2) is 51.8 Å². The molecular weight excluding hydrogens is 444 g/mol. The second-order valence-electron chi connectivity index (χ2n) is 9.52. The van der Waals surface area contributed by atoms with Crippen molar-refractivity contribution in [2.45, 2.75) is 64.0 Å². The van der Waals surface area contributed by atoms with Gasteiger partial charge in [0, 0.05) is 37.4 Å². The van der Waals surface area contributed by atoms with Gasteiger partial charge in [0.15, 0.2) is 0 Å². The van der Waals surface area contributed by atoms with Crippen LogP contribution < -0.4 is 16.0 Å². The number of aromatic nitrogens is 2. The molecule has 3 N–H and O–H groups in total. The molecule has 0 spiro atoms. The molecule has 2 fully saturated rings. The van der Waals surface area contributed by atoms with Gasteiger partial charge in [-0.05, 0) is 61.4 Å². The lowest BCUT2D eigenvalue weighted by molar-refractivity contribution is -0.156. The first-order valence-electron chi connectivity index (χ1n) is 12.4. The van der Waals surface area contributed by atoms with Gasteiger partial charge in [0.25, 0.3) is 5.91 Å². The van der Waals surface area contributed by atoms with E-state index in [9.17, 15) is 14.4 Å². The van der Waals surface area contributed by atoms with E-state index >= 15 is 0 Å². The monoisotopic (exact) mass is 478 g/mol. The summed E-state index contributed by atoms with van der Waals surface area (Å²) in [5.74, 6) is -0.576. The highest BCUT2D eigenvalue weighted by molar-refractivity contribution is 6.12. The predicted molar refractivity (Wildman–Crippen MR) is 133 cm³/mol. The molecule has 3 atom stereocenters. The molecule has 1 aliphatic heterocycles. The summed E-state index contributed by atoms with van der Waals surface area (Å²) in [4.78, 5) is 50.8. The fourth-order valence-corrected chi connectivity index (χ4v) is 5.34. The Morgan fingerprint density at radius 2 is 1.89 bits per heavy atom. The number of amides is 4. The molecule has 1 aliphatic carbocycles. The van der Waals surface area contributed by atoms with Crippen molar-refractivity contribution >= 4 is 29.4 Å². The van der Waals surface area contributed by atoms with Crippen LogP contribution in [0.2, 0.25) is 0 Å². The lowest BCUT2D eigenvalue weighted by Crippen LogP contribution is -2.71. The molecule has 2 aliphatic rings. The number of rotatable bonds is 7. The van der Waals surface area contributed by atoms with Crippen LogP contribution in [0.5, 0.6) is 0 Å². The number of nitrogens with one attached hydrogen (secondary N) is 1. The standard InChI is InChI=1S/C26H34N6O3/c1-3-21(18-7-5-4-6-8-18)30-26(35)32-23(25(34)31(2)19-10-12-28-13-11-19)20(24(32)33)15-17-9-14-29-22(27)16-17/h9-14,16,18,20-21,23H,3-8,15H2,1-2H3,(H2,27,29)(H,30,35)/t20-,21?,23+/m1/s1. The van der Waals surface area contributed by atoms with E-state index < -0.39 is 18.0 Å². The van der Waals surface area contributed by atoms with Gasteiger partial charge in [-0.15, -0.1) is 0 Å². The van der Waals surface area contributed by atoms with Crippen molar-refractivity contribution in [2.24, 2.45) is 11.8 Å². The zero-order chi connectivity index (χ0) is 24.9. The molecule has 1 unspecified atom stereocenters. The first kappa shape index (κ1) is 24.6. The number of carbonyl (C=O) groups excluding carboxylic acids is 3. The number of nitrogen functional groups attached to an aromatic ring is 1. The molecule has 186 valence electrons. The minimum absolute atomic E-state index is 0.0108. The molecule has 1 saturated carbocycles. The Hall–Kier alpha value is -3.49. The Morgan fingerprint density at radius 1 is 1.17 bits per heavy atom. The van der Waals surface area contributed by atoms with Crippen LogP contribution in [0.1, 0.15) is 51.0 Å². The number of imide groups is 1. The maximum atomic E-state index is 13.6. The van der Waals surface area contributed by atoms with Gasteiger partial charge in [-0.3, -0.25) is 19.5 Å². The SMILES string of the molecule is CCC(NC(=O)N1C(=O)[C@H](Cc2ccnc(N)c2)[C@H]1C(=O)N(C)c1ccncc1)C1CCCCC1. The summed E-state index contributed by atoms with van der Waals surface area (Å²) >= 11 is 0. The summed E-state index contributed by atoms with van der Waals surface area (Å²) in [5, 5.41) is 3.08. The van der Waals surface area contributed by atoms with Crippen molar-refractivity contribution in [3.8, 4) is 0 Å². The number of nitrogens with two attached hydrogens (primary N) is 1. The van der Waals surface area contributed by atoms with Crippen LogP contribution in [0, 0.1) is 11.8 Å². The van der Waals surface area contributed by atoms with Gasteiger partial charge in [-0.25, -0.2) is 9.78 Å². The number of likely N-dealkylation sites (tertiary alicyclic amines) is 1. The average molecular weight is 479 g/mol. The zero-order valence-electron chi connectivity index (χ0n) is 20.4. The molecule has 0 bridgehead atoms. The Morgan fingerprint density at radius 3 is 2.54 bits per heavy atom. The Labute approximate surface area is 206 Å². The minimum Gasteiger partial charge on any atom is -0.384 e. The van der Waals surface area contributed by atoms with Crippen LogP contribution in [-0.2, 0) is 16.0 Å². The first-order chi connectivity index (χ1) is 16.9. The summed E-state index contributed by atoms with van der Waals surface area (Å²) in [6.07, 6.45) is 11.6. The molecule has 3 heterocycles. The van der Waals surface area contributed by atoms with Gasteiger partial charge in [0.1, 0.15) is 11.9 Å². The summed E-state index contributed by atoms with van der Waals surface area (Å²) in [7, 11) is 1.65. The third-order valence-corrected chi connectivity index (χ3v) is 7.34. The van der Waals surface area contributed by atoms with Crippen molar-refractivity contribution in [3.63, 3.8) is 0 Å². The average Bonchev–Trinajstić information content (AvgIpc) is 2.89. The fraction of sp³-hybridized carbons (Fsp3) is 0.500. The van der Waals surface area contributed by atoms with Crippen LogP contribution in [0.15, 0.2) is 42.9 Å². The van der Waals surface area contributed by atoms with Crippen LogP contribution in [0.4, 0.5) is 16.3 Å². The number of urea groups is 1. The van der Waals surface area contributed by atoms with Gasteiger partial charge in [0.2, 0.25) is 5.91 Å². The van der Waals surface area contributed by atoms with Gasteiger partial charge in [0.05, 0.1) is 5.92 Å². The first-order valence-corrected chi connectivity index (χ1v) is 12.4. The van der Waals surface area contributed by atoms with Crippen molar-refractivity contribution in [3.05, 3.63) is 48.4 Å². The van der Waals surface area contributed by atoms with Crippen molar-refractivity contribution in [1.29, 1.82) is 0 Å². The molecule has 4 rings (SSSR count). The van der Waals surface area contributed by atoms with E-state index in [0.29, 0.717) is 23.8 Å². The molecule has 9 nitrogen and oxygen atoms in total. The number of β-lactam (4-membered cyclic amide) rings is 1. The highest BCUT2D eigenvalue weighted by atomic mass is 16.2. The second-order valence-corrected chi connectivity index (χ2v) is 9.52. The van der Waals surface area contributed by atoms with Gasteiger partial charge in [-0.2, -0.15) is 0 Å². The number of anilines is 2. The number of carbonyl (C=O) groups is 3. The van der Waals surface area contributed by atoms with Crippen LogP contribution in [0.25, 0.3) is 0 Å². The Kier molecular flexibility index (Phi) is 7.63. The number of hydrogen-bond acceptors (Lipinski definition) is 6. The quantitative estimate of drug-likeness (QED) is 0.590. The Balaban J connectivity index is 1.56. The maximum Gasteiger partial charge on any atom is 0.325 e. The number of nitrogens with zero attached hydrogens (tertiary/aromatic N) is 4. The van der Waals surface area contributed by atoms with Gasteiger partial charge < -0.3 is 16.0 Å². The molecule has 0 aromatic carbocycles. The molecule has 9 heteroatoms. The summed E-state index contributed by atoms with van der Waals surface area (Å²) in [6, 6.07) is 5.51. The molecule has 1 saturated heterocycles. The predicted octanol–water partition coefficient (Wildman–Crippen LogP) is 3.16. The van der Waals surface area contributed by atoms with E-state index in [4.69, 9.17) is 5.73 Å². The molecule has 0 radical (unpaired) electrons. The Bertz CT molecular complexity index is 1060. The normalized spacial score (nSPS) is 21.2. The number of likely N-dealkylation sites (N-methyl/N-ethyl adjacent to an activating group) is 1. The summed E-state index contributed by atoms with van der Waals surface area (Å²) in [5.41, 5.74) is 7.26. The van der Waals surface area contributed by atoms with E-state index in [2.05, 4.69) is 15.3 Å². The third kappa shape index (κ3) is 5.28. The number of hydrogen-bond donors (Lipinski definition) is 2. The van der Waals surface area contributed by atoms with E-state index in [1.165, 1.54) is 11.3 Å². The highest BCUT2D eigenvalue weighted by Gasteiger charge is 2.55. The molecular formula is C26H34N6O3. The summed E-state index contributed by atoms with van der Waals surface area (Å²) < 4.78 is 0. The highest BCUT2D eigenvalue weighted by Crippen LogP contribution is 2.34. The third-order valence-electron chi connectivity index (χ3n) is 7.34. The molecule has 2 aromatic heterocycles. The van der Waals surface area contributed by atoms with Crippen LogP contribution >= 0.6 is 0 Å². The zero-order valence-corrected chi connectivity index (χ0v) is 20.4. The molecule has 35 heavy (non-hydrogen) atoms. The molecule has 2 aromatic rings.